The molecule has 23 heavy (non-hydrogen) atoms. The fraction of sp³-hybridized carbons (Fsp3) is 0.312. The number of rotatable bonds is 6. The van der Waals surface area contributed by atoms with Crippen LogP contribution in [0.3, 0.4) is 0 Å². The minimum absolute atomic E-state index is 0.159. The maximum absolute atomic E-state index is 12.4. The predicted octanol–water partition coefficient (Wildman–Crippen LogP) is 3.53. The SMILES string of the molecule is COC(=O)c1sccc1NS(=O)(=O)c1ccc(CC(C)C)cc1. The summed E-state index contributed by atoms with van der Waals surface area (Å²) in [5.74, 6) is -0.0611. The molecule has 0 aliphatic carbocycles. The van der Waals surface area contributed by atoms with Gasteiger partial charge in [0.05, 0.1) is 17.7 Å². The molecule has 0 amide bonds. The monoisotopic (exact) mass is 353 g/mol. The molecule has 0 spiro atoms. The van der Waals surface area contributed by atoms with Crippen molar-refractivity contribution in [2.24, 2.45) is 5.92 Å². The molecule has 124 valence electrons. The third kappa shape index (κ3) is 4.33. The predicted molar refractivity (Wildman–Crippen MR) is 91.5 cm³/mol. The van der Waals surface area contributed by atoms with E-state index in [1.54, 1.807) is 23.6 Å². The Balaban J connectivity index is 2.22. The van der Waals surface area contributed by atoms with Crippen molar-refractivity contribution >= 4 is 33.0 Å². The number of thiophene rings is 1. The summed E-state index contributed by atoms with van der Waals surface area (Å²) in [5, 5.41) is 1.63. The van der Waals surface area contributed by atoms with E-state index in [9.17, 15) is 13.2 Å². The summed E-state index contributed by atoms with van der Waals surface area (Å²) in [7, 11) is -2.49. The number of carbonyl (C=O) groups excluding carboxylic acids is 1. The second kappa shape index (κ2) is 7.14. The van der Waals surface area contributed by atoms with E-state index in [1.165, 1.54) is 7.11 Å². The summed E-state index contributed by atoms with van der Waals surface area (Å²) in [6.45, 7) is 4.22. The molecular formula is C16H19NO4S2. The first-order chi connectivity index (χ1) is 10.8. The lowest BCUT2D eigenvalue weighted by Gasteiger charge is -2.10. The van der Waals surface area contributed by atoms with Gasteiger partial charge in [0.25, 0.3) is 10.0 Å². The van der Waals surface area contributed by atoms with Crippen LogP contribution in [-0.2, 0) is 21.2 Å². The molecule has 2 aromatic rings. The Labute approximate surface area is 140 Å². The maximum Gasteiger partial charge on any atom is 0.350 e. The van der Waals surface area contributed by atoms with Crippen molar-refractivity contribution in [3.63, 3.8) is 0 Å². The summed E-state index contributed by atoms with van der Waals surface area (Å²) in [6, 6.07) is 8.31. The zero-order chi connectivity index (χ0) is 17.0. The average molecular weight is 353 g/mol. The fourth-order valence-corrected chi connectivity index (χ4v) is 4.02. The minimum atomic E-state index is -3.74. The summed E-state index contributed by atoms with van der Waals surface area (Å²) in [5.41, 5.74) is 1.32. The number of anilines is 1. The molecular weight excluding hydrogens is 334 g/mol. The van der Waals surface area contributed by atoms with Gasteiger partial charge in [0.1, 0.15) is 4.88 Å². The van der Waals surface area contributed by atoms with Crippen molar-refractivity contribution in [1.82, 2.24) is 0 Å². The number of benzene rings is 1. The van der Waals surface area contributed by atoms with Crippen LogP contribution >= 0.6 is 11.3 Å². The maximum atomic E-state index is 12.4. The van der Waals surface area contributed by atoms with Gasteiger partial charge in [-0.2, -0.15) is 0 Å². The van der Waals surface area contributed by atoms with E-state index in [2.05, 4.69) is 23.3 Å². The van der Waals surface area contributed by atoms with E-state index >= 15 is 0 Å². The Bertz CT molecular complexity index is 777. The highest BCUT2D eigenvalue weighted by molar-refractivity contribution is 7.92. The normalized spacial score (nSPS) is 11.5. The highest BCUT2D eigenvalue weighted by atomic mass is 32.2. The largest absolute Gasteiger partial charge is 0.465 e. The summed E-state index contributed by atoms with van der Waals surface area (Å²) >= 11 is 1.13. The molecule has 5 nitrogen and oxygen atoms in total. The Morgan fingerprint density at radius 2 is 1.87 bits per heavy atom. The van der Waals surface area contributed by atoms with Crippen molar-refractivity contribution in [3.05, 3.63) is 46.2 Å². The molecule has 2 rings (SSSR count). The molecule has 0 atom stereocenters. The molecule has 1 aromatic carbocycles. The topological polar surface area (TPSA) is 72.5 Å². The number of esters is 1. The standard InChI is InChI=1S/C16H19NO4S2/c1-11(2)10-12-4-6-13(7-5-12)23(19,20)17-14-8-9-22-15(14)16(18)21-3/h4-9,11,17H,10H2,1-3H3. The Kier molecular flexibility index (Phi) is 5.43. The number of nitrogens with one attached hydrogen (secondary N) is 1. The van der Waals surface area contributed by atoms with Gasteiger partial charge in [-0.25, -0.2) is 13.2 Å². The van der Waals surface area contributed by atoms with Crippen LogP contribution in [0.4, 0.5) is 5.69 Å². The first-order valence-corrected chi connectivity index (χ1v) is 9.47. The number of carbonyl (C=O) groups is 1. The van der Waals surface area contributed by atoms with Crippen molar-refractivity contribution in [2.75, 3.05) is 11.8 Å². The second-order valence-electron chi connectivity index (χ2n) is 5.50. The van der Waals surface area contributed by atoms with Crippen molar-refractivity contribution in [2.45, 2.75) is 25.2 Å². The molecule has 0 aliphatic heterocycles. The number of hydrogen-bond acceptors (Lipinski definition) is 5. The number of hydrogen-bond donors (Lipinski definition) is 1. The average Bonchev–Trinajstić information content (AvgIpc) is 2.93. The molecule has 0 saturated carbocycles. The third-order valence-corrected chi connectivity index (χ3v) is 5.43. The van der Waals surface area contributed by atoms with Crippen LogP contribution in [-0.4, -0.2) is 21.5 Å². The number of ether oxygens (including phenoxy) is 1. The van der Waals surface area contributed by atoms with Gasteiger partial charge in [0, 0.05) is 0 Å². The van der Waals surface area contributed by atoms with Gasteiger partial charge in [0.2, 0.25) is 0 Å². The third-order valence-electron chi connectivity index (χ3n) is 3.16. The van der Waals surface area contributed by atoms with Gasteiger partial charge >= 0.3 is 5.97 Å². The van der Waals surface area contributed by atoms with Crippen molar-refractivity contribution in [1.29, 1.82) is 0 Å². The Hall–Kier alpha value is -1.86. The number of methoxy groups -OCH3 is 1. The highest BCUT2D eigenvalue weighted by Crippen LogP contribution is 2.26. The molecule has 0 fully saturated rings. The van der Waals surface area contributed by atoms with Gasteiger partial charge in [-0.05, 0) is 41.5 Å². The van der Waals surface area contributed by atoms with Crippen LogP contribution in [0.1, 0.15) is 29.1 Å². The lowest BCUT2D eigenvalue weighted by atomic mass is 10.0. The van der Waals surface area contributed by atoms with Crippen LogP contribution in [0.25, 0.3) is 0 Å². The summed E-state index contributed by atoms with van der Waals surface area (Å²) in [4.78, 5) is 12.0. The zero-order valence-electron chi connectivity index (χ0n) is 13.2. The van der Waals surface area contributed by atoms with Crippen LogP contribution in [0.5, 0.6) is 0 Å². The molecule has 0 bridgehead atoms. The lowest BCUT2D eigenvalue weighted by molar-refractivity contribution is 0.0607. The molecule has 1 aromatic heterocycles. The number of sulfonamides is 1. The van der Waals surface area contributed by atoms with Crippen LogP contribution in [0.15, 0.2) is 40.6 Å². The van der Waals surface area contributed by atoms with E-state index in [1.807, 2.05) is 12.1 Å². The van der Waals surface area contributed by atoms with Gasteiger partial charge in [0.15, 0.2) is 0 Å². The molecule has 1 heterocycles. The quantitative estimate of drug-likeness (QED) is 0.806. The molecule has 0 radical (unpaired) electrons. The van der Waals surface area contributed by atoms with Gasteiger partial charge in [-0.3, -0.25) is 4.72 Å². The van der Waals surface area contributed by atoms with E-state index in [0.29, 0.717) is 5.92 Å². The zero-order valence-corrected chi connectivity index (χ0v) is 14.8. The summed E-state index contributed by atoms with van der Waals surface area (Å²) < 4.78 is 32.0. The Morgan fingerprint density at radius 1 is 1.22 bits per heavy atom. The first-order valence-electron chi connectivity index (χ1n) is 7.11. The van der Waals surface area contributed by atoms with E-state index in [0.717, 1.165) is 23.3 Å². The van der Waals surface area contributed by atoms with Crippen LogP contribution in [0.2, 0.25) is 0 Å². The van der Waals surface area contributed by atoms with Crippen molar-refractivity contribution in [3.8, 4) is 0 Å². The molecule has 7 heteroatoms. The van der Waals surface area contributed by atoms with Crippen LogP contribution in [0, 0.1) is 5.92 Å². The van der Waals surface area contributed by atoms with E-state index in [-0.39, 0.29) is 15.5 Å². The fourth-order valence-electron chi connectivity index (χ4n) is 2.12. The second-order valence-corrected chi connectivity index (χ2v) is 8.10. The minimum Gasteiger partial charge on any atom is -0.465 e. The smallest absolute Gasteiger partial charge is 0.350 e. The van der Waals surface area contributed by atoms with Crippen LogP contribution < -0.4 is 4.72 Å². The lowest BCUT2D eigenvalue weighted by Crippen LogP contribution is -2.14. The van der Waals surface area contributed by atoms with Crippen molar-refractivity contribution < 1.29 is 17.9 Å². The molecule has 0 unspecified atom stereocenters. The van der Waals surface area contributed by atoms with E-state index < -0.39 is 16.0 Å². The van der Waals surface area contributed by atoms with Gasteiger partial charge < -0.3 is 4.74 Å². The van der Waals surface area contributed by atoms with Gasteiger partial charge in [-0.15, -0.1) is 11.3 Å². The van der Waals surface area contributed by atoms with Gasteiger partial charge in [-0.1, -0.05) is 26.0 Å². The molecule has 0 saturated heterocycles. The summed E-state index contributed by atoms with van der Waals surface area (Å²) in [6.07, 6.45) is 0.894. The molecule has 0 aliphatic rings. The van der Waals surface area contributed by atoms with E-state index in [4.69, 9.17) is 0 Å². The Morgan fingerprint density at radius 3 is 2.43 bits per heavy atom. The first kappa shape index (κ1) is 17.5. The molecule has 1 N–H and O–H groups in total. The highest BCUT2D eigenvalue weighted by Gasteiger charge is 2.20.